The zero-order valence-electron chi connectivity index (χ0n) is 18.3. The van der Waals surface area contributed by atoms with Gasteiger partial charge in [-0.05, 0) is 40.2 Å². The Bertz CT molecular complexity index is 1140. The van der Waals surface area contributed by atoms with E-state index in [4.69, 9.17) is 9.47 Å². The fraction of sp³-hybridized carbons (Fsp3) is 0.273. The number of hydrogen-bond donors (Lipinski definition) is 3. The van der Waals surface area contributed by atoms with Crippen molar-refractivity contribution in [3.8, 4) is 11.5 Å². The van der Waals surface area contributed by atoms with Gasteiger partial charge in [-0.3, -0.25) is 4.79 Å². The van der Waals surface area contributed by atoms with Crippen LogP contribution in [-0.2, 0) is 0 Å². The van der Waals surface area contributed by atoms with E-state index in [1.165, 1.54) is 0 Å². The first-order valence-corrected chi connectivity index (χ1v) is 11.1. The van der Waals surface area contributed by atoms with Crippen LogP contribution in [-0.4, -0.2) is 61.3 Å². The number of nitrogens with one attached hydrogen (secondary N) is 3. The first-order chi connectivity index (χ1) is 16.1. The molecule has 4 rings (SSSR count). The zero-order chi connectivity index (χ0) is 23.2. The molecule has 1 aliphatic rings. The van der Waals surface area contributed by atoms with Gasteiger partial charge in [0.05, 0.1) is 26.1 Å². The van der Waals surface area contributed by atoms with Gasteiger partial charge in [0.15, 0.2) is 11.6 Å². The average Bonchev–Trinajstić information content (AvgIpc) is 2.85. The number of pyridine rings is 1. The second kappa shape index (κ2) is 10.5. The van der Waals surface area contributed by atoms with Crippen molar-refractivity contribution in [2.24, 2.45) is 0 Å². The molecule has 1 fully saturated rings. The highest BCUT2D eigenvalue weighted by molar-refractivity contribution is 9.10. The molecule has 11 heteroatoms. The van der Waals surface area contributed by atoms with Crippen molar-refractivity contribution < 1.29 is 14.3 Å². The number of halogens is 1. The fourth-order valence-electron chi connectivity index (χ4n) is 3.35. The number of nitrogens with zero attached hydrogens (tertiary/aromatic N) is 4. The normalized spacial score (nSPS) is 13.4. The molecule has 10 nitrogen and oxygen atoms in total. The summed E-state index contributed by atoms with van der Waals surface area (Å²) in [6.07, 6.45) is 1.65. The van der Waals surface area contributed by atoms with E-state index in [1.807, 2.05) is 0 Å². The number of methoxy groups -OCH3 is 2. The molecule has 3 heterocycles. The summed E-state index contributed by atoms with van der Waals surface area (Å²) in [6, 6.07) is 10.5. The number of carbonyl (C=O) groups is 1. The first kappa shape index (κ1) is 22.7. The topological polar surface area (TPSA) is 114 Å². The van der Waals surface area contributed by atoms with Crippen molar-refractivity contribution >= 4 is 45.0 Å². The van der Waals surface area contributed by atoms with E-state index in [0.717, 1.165) is 26.2 Å². The Morgan fingerprint density at radius 1 is 1.09 bits per heavy atom. The van der Waals surface area contributed by atoms with Crippen molar-refractivity contribution in [1.82, 2.24) is 20.3 Å². The number of ether oxygens (including phenoxy) is 2. The number of rotatable bonds is 7. The zero-order valence-corrected chi connectivity index (χ0v) is 19.8. The van der Waals surface area contributed by atoms with Gasteiger partial charge in [0.1, 0.15) is 16.0 Å². The highest BCUT2D eigenvalue weighted by atomic mass is 79.9. The Hall–Kier alpha value is -3.44. The second-order valence-corrected chi connectivity index (χ2v) is 7.98. The molecule has 0 saturated carbocycles. The van der Waals surface area contributed by atoms with Gasteiger partial charge in [0, 0.05) is 37.9 Å². The van der Waals surface area contributed by atoms with Gasteiger partial charge >= 0.3 is 0 Å². The Morgan fingerprint density at radius 3 is 2.61 bits per heavy atom. The molecule has 3 aromatic rings. The van der Waals surface area contributed by atoms with Crippen LogP contribution in [0.4, 0.5) is 23.1 Å². The van der Waals surface area contributed by atoms with E-state index in [0.29, 0.717) is 44.9 Å². The molecule has 0 atom stereocenters. The minimum atomic E-state index is -0.322. The molecule has 3 N–H and O–H groups in total. The van der Waals surface area contributed by atoms with Gasteiger partial charge in [0.2, 0.25) is 5.95 Å². The van der Waals surface area contributed by atoms with Gasteiger partial charge in [0.25, 0.3) is 5.91 Å². The number of aromatic nitrogens is 3. The van der Waals surface area contributed by atoms with Gasteiger partial charge in [-0.1, -0.05) is 6.07 Å². The lowest BCUT2D eigenvalue weighted by Crippen LogP contribution is -2.44. The Labute approximate surface area is 199 Å². The van der Waals surface area contributed by atoms with Gasteiger partial charge < -0.3 is 30.3 Å². The smallest absolute Gasteiger partial charge is 0.274 e. The van der Waals surface area contributed by atoms with E-state index in [1.54, 1.807) is 56.8 Å². The summed E-state index contributed by atoms with van der Waals surface area (Å²) in [4.78, 5) is 27.9. The molecule has 1 amide bonds. The monoisotopic (exact) mass is 513 g/mol. The molecule has 33 heavy (non-hydrogen) atoms. The number of hydrogen-bond acceptors (Lipinski definition) is 9. The minimum absolute atomic E-state index is 0.303. The van der Waals surface area contributed by atoms with Crippen LogP contribution in [0.3, 0.4) is 0 Å². The highest BCUT2D eigenvalue weighted by Gasteiger charge is 2.17. The second-order valence-electron chi connectivity index (χ2n) is 7.16. The van der Waals surface area contributed by atoms with Crippen LogP contribution in [0.2, 0.25) is 0 Å². The lowest BCUT2D eigenvalue weighted by molar-refractivity contribution is 0.102. The number of piperazine rings is 1. The number of benzene rings is 1. The van der Waals surface area contributed by atoms with Gasteiger partial charge in [-0.25, -0.2) is 9.97 Å². The molecule has 1 aromatic carbocycles. The summed E-state index contributed by atoms with van der Waals surface area (Å²) in [5, 5.41) is 9.42. The van der Waals surface area contributed by atoms with Crippen molar-refractivity contribution in [2.45, 2.75) is 0 Å². The van der Waals surface area contributed by atoms with Crippen LogP contribution in [0.1, 0.15) is 10.5 Å². The van der Waals surface area contributed by atoms with Crippen molar-refractivity contribution in [3.63, 3.8) is 0 Å². The lowest BCUT2D eigenvalue weighted by atomic mass is 10.2. The van der Waals surface area contributed by atoms with Crippen molar-refractivity contribution in [1.29, 1.82) is 0 Å². The third-order valence-electron chi connectivity index (χ3n) is 5.02. The van der Waals surface area contributed by atoms with Crippen molar-refractivity contribution in [3.05, 3.63) is 52.9 Å². The molecule has 2 aromatic heterocycles. The van der Waals surface area contributed by atoms with Crippen LogP contribution >= 0.6 is 15.9 Å². The maximum atomic E-state index is 12.5. The quantitative estimate of drug-likeness (QED) is 0.410. The summed E-state index contributed by atoms with van der Waals surface area (Å²) in [7, 11) is 3.13. The van der Waals surface area contributed by atoms with Crippen molar-refractivity contribution in [2.75, 3.05) is 55.9 Å². The summed E-state index contributed by atoms with van der Waals surface area (Å²) < 4.78 is 11.6. The molecular weight excluding hydrogens is 490 g/mol. The molecule has 0 aliphatic carbocycles. The third kappa shape index (κ3) is 5.49. The molecule has 0 unspecified atom stereocenters. The highest BCUT2D eigenvalue weighted by Crippen LogP contribution is 2.34. The van der Waals surface area contributed by atoms with Gasteiger partial charge in [-0.2, -0.15) is 4.98 Å². The molecule has 0 bridgehead atoms. The molecule has 172 valence electrons. The Balaban J connectivity index is 1.55. The minimum Gasteiger partial charge on any atom is -0.494 e. The van der Waals surface area contributed by atoms with Crippen LogP contribution in [0.15, 0.2) is 47.2 Å². The maximum absolute atomic E-state index is 12.5. The number of carbonyl (C=O) groups excluding carboxylic acids is 1. The molecule has 0 spiro atoms. The predicted molar refractivity (Wildman–Crippen MR) is 130 cm³/mol. The average molecular weight is 514 g/mol. The molecule has 1 aliphatic heterocycles. The SMILES string of the molecule is COc1cc(NC(=O)c2cccc(Br)n2)ccc1Nc1nc(N2CCNCC2)ncc1OC. The maximum Gasteiger partial charge on any atom is 0.274 e. The van der Waals surface area contributed by atoms with Gasteiger partial charge in [-0.15, -0.1) is 0 Å². The summed E-state index contributed by atoms with van der Waals surface area (Å²) in [5.41, 5.74) is 1.54. The van der Waals surface area contributed by atoms with E-state index in [9.17, 15) is 4.79 Å². The third-order valence-corrected chi connectivity index (χ3v) is 5.46. The standard InChI is InChI=1S/C22H24BrN7O3/c1-32-17-12-14(26-21(31)16-4-3-5-19(23)27-16)6-7-15(17)28-20-18(33-2)13-25-22(29-20)30-10-8-24-9-11-30/h3-7,12-13,24H,8-11H2,1-2H3,(H,26,31)(H,25,28,29). The Morgan fingerprint density at radius 2 is 1.88 bits per heavy atom. The first-order valence-electron chi connectivity index (χ1n) is 10.3. The molecule has 1 saturated heterocycles. The van der Waals surface area contributed by atoms with Crippen LogP contribution < -0.4 is 30.3 Å². The number of anilines is 4. The fourth-order valence-corrected chi connectivity index (χ4v) is 3.69. The van der Waals surface area contributed by atoms with Crippen LogP contribution in [0, 0.1) is 0 Å². The lowest BCUT2D eigenvalue weighted by Gasteiger charge is -2.27. The van der Waals surface area contributed by atoms with Crippen LogP contribution in [0.25, 0.3) is 0 Å². The predicted octanol–water partition coefficient (Wildman–Crippen LogP) is 3.06. The molecule has 0 radical (unpaired) electrons. The molecular formula is C22H24BrN7O3. The van der Waals surface area contributed by atoms with E-state index >= 15 is 0 Å². The van der Waals surface area contributed by atoms with E-state index < -0.39 is 0 Å². The largest absolute Gasteiger partial charge is 0.494 e. The summed E-state index contributed by atoms with van der Waals surface area (Å²) >= 11 is 3.28. The summed E-state index contributed by atoms with van der Waals surface area (Å²) in [5.74, 6) is 1.87. The Kier molecular flexibility index (Phi) is 7.20. The number of amides is 1. The van der Waals surface area contributed by atoms with E-state index in [-0.39, 0.29) is 5.91 Å². The van der Waals surface area contributed by atoms with Crippen LogP contribution in [0.5, 0.6) is 11.5 Å². The van der Waals surface area contributed by atoms with E-state index in [2.05, 4.69) is 51.7 Å². The summed E-state index contributed by atoms with van der Waals surface area (Å²) in [6.45, 7) is 3.43.